The molecule has 0 unspecified atom stereocenters. The summed E-state index contributed by atoms with van der Waals surface area (Å²) in [6.45, 7) is 0. The smallest absolute Gasteiger partial charge is 0.400 e. The average molecular weight is 209 g/mol. The van der Waals surface area contributed by atoms with Crippen molar-refractivity contribution in [2.45, 2.75) is 6.36 Å². The molecule has 1 aromatic rings. The van der Waals surface area contributed by atoms with Gasteiger partial charge in [0.1, 0.15) is 0 Å². The molecule has 0 radical (unpaired) electrons. The third kappa shape index (κ3) is 2.41. The second-order valence-electron chi connectivity index (χ2n) is 2.19. The summed E-state index contributed by atoms with van der Waals surface area (Å²) in [5.74, 6) is -2.69. The van der Waals surface area contributed by atoms with E-state index in [-0.39, 0.29) is 6.29 Å². The summed E-state index contributed by atoms with van der Waals surface area (Å²) in [4.78, 5) is 13.1. The van der Waals surface area contributed by atoms with E-state index in [9.17, 15) is 22.4 Å². The van der Waals surface area contributed by atoms with E-state index in [4.69, 9.17) is 0 Å². The van der Waals surface area contributed by atoms with E-state index in [0.717, 1.165) is 12.3 Å². The van der Waals surface area contributed by atoms with E-state index in [0.29, 0.717) is 0 Å². The molecule has 0 aliphatic carbocycles. The normalized spacial score (nSPS) is 11.1. The Morgan fingerprint density at radius 2 is 2.07 bits per heavy atom. The van der Waals surface area contributed by atoms with Crippen molar-refractivity contribution in [1.82, 2.24) is 4.98 Å². The van der Waals surface area contributed by atoms with Crippen molar-refractivity contribution in [3.05, 3.63) is 23.8 Å². The SMILES string of the molecule is O=Cc1ccnc(F)c1OC(F)(F)F. The standard InChI is InChI=1S/C7H3F4NO2/c8-6-5(14-7(9,10)11)4(3-13)1-2-12-6/h1-3H. The van der Waals surface area contributed by atoms with Gasteiger partial charge >= 0.3 is 6.36 Å². The van der Waals surface area contributed by atoms with Crippen molar-refractivity contribution >= 4 is 6.29 Å². The van der Waals surface area contributed by atoms with Crippen LogP contribution in [0.15, 0.2) is 12.3 Å². The molecule has 7 heteroatoms. The van der Waals surface area contributed by atoms with Crippen LogP contribution in [-0.4, -0.2) is 17.6 Å². The summed E-state index contributed by atoms with van der Waals surface area (Å²) in [5.41, 5.74) is -0.546. The molecule has 0 atom stereocenters. The third-order valence-electron chi connectivity index (χ3n) is 1.24. The maximum Gasteiger partial charge on any atom is 0.573 e. The van der Waals surface area contributed by atoms with Gasteiger partial charge in [0.15, 0.2) is 12.0 Å². The minimum Gasteiger partial charge on any atom is -0.400 e. The Hall–Kier alpha value is -1.66. The number of hydrogen-bond donors (Lipinski definition) is 0. The zero-order valence-electron chi connectivity index (χ0n) is 6.51. The molecule has 0 aliphatic heterocycles. The Balaban J connectivity index is 3.11. The number of aromatic nitrogens is 1. The first-order chi connectivity index (χ1) is 6.44. The second-order valence-corrected chi connectivity index (χ2v) is 2.19. The van der Waals surface area contributed by atoms with E-state index >= 15 is 0 Å². The minimum atomic E-state index is -5.05. The van der Waals surface area contributed by atoms with Crippen molar-refractivity contribution in [3.8, 4) is 5.75 Å². The topological polar surface area (TPSA) is 39.2 Å². The molecule has 0 saturated heterocycles. The molecule has 0 saturated carbocycles. The Morgan fingerprint density at radius 1 is 1.43 bits per heavy atom. The monoisotopic (exact) mass is 209 g/mol. The van der Waals surface area contributed by atoms with Gasteiger partial charge in [-0.25, -0.2) is 4.98 Å². The number of ether oxygens (including phenoxy) is 1. The van der Waals surface area contributed by atoms with Gasteiger partial charge in [0, 0.05) is 6.20 Å². The summed E-state index contributed by atoms with van der Waals surface area (Å²) in [6, 6.07) is 0.914. The van der Waals surface area contributed by atoms with Gasteiger partial charge in [0.2, 0.25) is 0 Å². The molecule has 1 heterocycles. The number of carbonyl (C=O) groups excluding carboxylic acids is 1. The van der Waals surface area contributed by atoms with Crippen LogP contribution in [0.25, 0.3) is 0 Å². The van der Waals surface area contributed by atoms with Crippen LogP contribution in [0, 0.1) is 5.95 Å². The van der Waals surface area contributed by atoms with Crippen LogP contribution in [0.3, 0.4) is 0 Å². The number of nitrogens with zero attached hydrogens (tertiary/aromatic N) is 1. The van der Waals surface area contributed by atoms with Crippen LogP contribution in [0.4, 0.5) is 17.6 Å². The first-order valence-electron chi connectivity index (χ1n) is 3.29. The predicted molar refractivity (Wildman–Crippen MR) is 36.3 cm³/mol. The fourth-order valence-corrected chi connectivity index (χ4v) is 0.746. The lowest BCUT2D eigenvalue weighted by Crippen LogP contribution is -2.19. The lowest BCUT2D eigenvalue weighted by molar-refractivity contribution is -0.275. The average Bonchev–Trinajstić information content (AvgIpc) is 2.06. The van der Waals surface area contributed by atoms with Crippen LogP contribution in [0.1, 0.15) is 10.4 Å². The summed E-state index contributed by atoms with van der Waals surface area (Å²) < 4.78 is 51.1. The molecule has 3 nitrogen and oxygen atoms in total. The molecule has 0 N–H and O–H groups in total. The molecule has 0 aliphatic rings. The van der Waals surface area contributed by atoms with E-state index in [2.05, 4.69) is 9.72 Å². The molecular weight excluding hydrogens is 206 g/mol. The number of hydrogen-bond acceptors (Lipinski definition) is 3. The summed E-state index contributed by atoms with van der Waals surface area (Å²) in [7, 11) is 0. The Morgan fingerprint density at radius 3 is 2.57 bits per heavy atom. The Bertz CT molecular complexity index is 350. The summed E-state index contributed by atoms with van der Waals surface area (Å²) in [5, 5.41) is 0. The number of carbonyl (C=O) groups is 1. The molecule has 0 fully saturated rings. The van der Waals surface area contributed by atoms with Crippen molar-refractivity contribution < 1.29 is 27.1 Å². The Kier molecular flexibility index (Phi) is 2.68. The molecule has 1 aromatic heterocycles. The van der Waals surface area contributed by atoms with Crippen LogP contribution < -0.4 is 4.74 Å². The minimum absolute atomic E-state index is 0.0475. The van der Waals surface area contributed by atoms with Crippen LogP contribution in [-0.2, 0) is 0 Å². The van der Waals surface area contributed by atoms with Crippen molar-refractivity contribution in [2.75, 3.05) is 0 Å². The Labute approximate surface area is 75.3 Å². The number of alkyl halides is 3. The van der Waals surface area contributed by atoms with Crippen molar-refractivity contribution in [2.24, 2.45) is 0 Å². The fourth-order valence-electron chi connectivity index (χ4n) is 0.746. The highest BCUT2D eigenvalue weighted by atomic mass is 19.4. The predicted octanol–water partition coefficient (Wildman–Crippen LogP) is 1.93. The maximum atomic E-state index is 12.7. The molecule has 76 valence electrons. The largest absolute Gasteiger partial charge is 0.573 e. The highest BCUT2D eigenvalue weighted by molar-refractivity contribution is 5.78. The van der Waals surface area contributed by atoms with Gasteiger partial charge in [-0.05, 0) is 6.07 Å². The molecule has 0 bridgehead atoms. The second kappa shape index (κ2) is 3.60. The number of aldehydes is 1. The number of rotatable bonds is 2. The zero-order valence-corrected chi connectivity index (χ0v) is 6.51. The molecule has 0 aromatic carbocycles. The molecular formula is C7H3F4NO2. The molecule has 14 heavy (non-hydrogen) atoms. The molecule has 0 amide bonds. The maximum absolute atomic E-state index is 12.7. The molecule has 0 spiro atoms. The highest BCUT2D eigenvalue weighted by Gasteiger charge is 2.33. The van der Waals surface area contributed by atoms with E-state index < -0.39 is 23.6 Å². The van der Waals surface area contributed by atoms with Crippen molar-refractivity contribution in [1.29, 1.82) is 0 Å². The summed E-state index contributed by atoms with van der Waals surface area (Å²) in [6.07, 6.45) is -4.14. The van der Waals surface area contributed by atoms with Crippen LogP contribution >= 0.6 is 0 Å². The van der Waals surface area contributed by atoms with Gasteiger partial charge in [-0.2, -0.15) is 4.39 Å². The van der Waals surface area contributed by atoms with Crippen LogP contribution in [0.2, 0.25) is 0 Å². The zero-order chi connectivity index (χ0) is 10.8. The first kappa shape index (κ1) is 10.4. The lowest BCUT2D eigenvalue weighted by atomic mass is 10.3. The van der Waals surface area contributed by atoms with E-state index in [1.54, 1.807) is 0 Å². The summed E-state index contributed by atoms with van der Waals surface area (Å²) >= 11 is 0. The quantitative estimate of drug-likeness (QED) is 0.424. The highest BCUT2D eigenvalue weighted by Crippen LogP contribution is 2.26. The van der Waals surface area contributed by atoms with Crippen LogP contribution in [0.5, 0.6) is 5.75 Å². The molecule has 1 rings (SSSR count). The van der Waals surface area contributed by atoms with Gasteiger partial charge in [0.05, 0.1) is 5.56 Å². The van der Waals surface area contributed by atoms with Gasteiger partial charge in [-0.15, -0.1) is 13.2 Å². The third-order valence-corrected chi connectivity index (χ3v) is 1.24. The fraction of sp³-hybridized carbons (Fsp3) is 0.143. The van der Waals surface area contributed by atoms with Crippen molar-refractivity contribution in [3.63, 3.8) is 0 Å². The van der Waals surface area contributed by atoms with Gasteiger partial charge in [0.25, 0.3) is 5.95 Å². The number of halogens is 4. The first-order valence-corrected chi connectivity index (χ1v) is 3.29. The number of pyridine rings is 1. The lowest BCUT2D eigenvalue weighted by Gasteiger charge is -2.10. The van der Waals surface area contributed by atoms with E-state index in [1.165, 1.54) is 0 Å². The van der Waals surface area contributed by atoms with Gasteiger partial charge < -0.3 is 4.74 Å². The van der Waals surface area contributed by atoms with Gasteiger partial charge in [-0.3, -0.25) is 4.79 Å². The van der Waals surface area contributed by atoms with Gasteiger partial charge in [-0.1, -0.05) is 0 Å². The van der Waals surface area contributed by atoms with E-state index in [1.807, 2.05) is 0 Å².